The Hall–Kier alpha value is -1.06. The highest BCUT2D eigenvalue weighted by Crippen LogP contribution is 2.25. The fourth-order valence-electron chi connectivity index (χ4n) is 2.36. The lowest BCUT2D eigenvalue weighted by Gasteiger charge is -2.14. The molecule has 1 aromatic carbocycles. The quantitative estimate of drug-likeness (QED) is 0.811. The Balaban J connectivity index is 1.77. The third-order valence-electron chi connectivity index (χ3n) is 3.21. The van der Waals surface area contributed by atoms with Crippen molar-refractivity contribution in [2.45, 2.75) is 39.3 Å². The van der Waals surface area contributed by atoms with Crippen LogP contribution in [0.4, 0.5) is 0 Å². The van der Waals surface area contributed by atoms with Crippen LogP contribution in [-0.4, -0.2) is 24.4 Å². The van der Waals surface area contributed by atoms with Crippen LogP contribution >= 0.6 is 0 Å². The van der Waals surface area contributed by atoms with Crippen molar-refractivity contribution in [1.29, 1.82) is 0 Å². The van der Waals surface area contributed by atoms with Gasteiger partial charge in [-0.05, 0) is 29.5 Å². The minimum Gasteiger partial charge on any atom is -0.493 e. The van der Waals surface area contributed by atoms with E-state index in [0.717, 1.165) is 31.7 Å². The number of rotatable bonds is 6. The monoisotopic (exact) mass is 249 g/mol. The lowest BCUT2D eigenvalue weighted by molar-refractivity contribution is 0.146. The van der Waals surface area contributed by atoms with Gasteiger partial charge in [-0.25, -0.2) is 0 Å². The summed E-state index contributed by atoms with van der Waals surface area (Å²) in [7, 11) is 0. The molecule has 2 N–H and O–H groups in total. The van der Waals surface area contributed by atoms with Gasteiger partial charge in [0.25, 0.3) is 0 Å². The molecule has 1 atom stereocenters. The van der Waals surface area contributed by atoms with Crippen molar-refractivity contribution in [1.82, 2.24) is 5.32 Å². The molecule has 3 heteroatoms. The number of nitrogens with one attached hydrogen (secondary N) is 1. The molecule has 100 valence electrons. The van der Waals surface area contributed by atoms with Crippen molar-refractivity contribution in [2.24, 2.45) is 5.92 Å². The molecular weight excluding hydrogens is 226 g/mol. The van der Waals surface area contributed by atoms with E-state index < -0.39 is 0 Å². The maximum atomic E-state index is 9.77. The van der Waals surface area contributed by atoms with Gasteiger partial charge in [0, 0.05) is 19.5 Å². The van der Waals surface area contributed by atoms with Crippen LogP contribution in [0.2, 0.25) is 0 Å². The van der Waals surface area contributed by atoms with E-state index in [2.05, 4.69) is 31.3 Å². The van der Waals surface area contributed by atoms with Crippen LogP contribution in [-0.2, 0) is 13.0 Å². The summed E-state index contributed by atoms with van der Waals surface area (Å²) < 4.78 is 5.48. The van der Waals surface area contributed by atoms with Gasteiger partial charge < -0.3 is 15.2 Å². The average Bonchev–Trinajstić information content (AvgIpc) is 2.75. The Kier molecular flexibility index (Phi) is 4.61. The van der Waals surface area contributed by atoms with Crippen molar-refractivity contribution >= 4 is 0 Å². The lowest BCUT2D eigenvalue weighted by Crippen LogP contribution is -2.27. The summed E-state index contributed by atoms with van der Waals surface area (Å²) in [6, 6.07) is 6.33. The molecule has 0 bridgehead atoms. The van der Waals surface area contributed by atoms with E-state index in [1.54, 1.807) is 0 Å². The van der Waals surface area contributed by atoms with Crippen molar-refractivity contribution in [3.8, 4) is 5.75 Å². The van der Waals surface area contributed by atoms with E-state index in [-0.39, 0.29) is 6.10 Å². The molecule has 0 spiro atoms. The minimum atomic E-state index is -0.247. The Morgan fingerprint density at radius 3 is 3.00 bits per heavy atom. The van der Waals surface area contributed by atoms with E-state index in [1.165, 1.54) is 11.1 Å². The molecule has 0 amide bonds. The minimum absolute atomic E-state index is 0.247. The number of ether oxygens (including phenoxy) is 1. The highest BCUT2D eigenvalue weighted by Gasteiger charge is 2.12. The number of hydrogen-bond acceptors (Lipinski definition) is 3. The molecule has 0 fully saturated rings. The molecule has 0 saturated carbocycles. The van der Waals surface area contributed by atoms with Gasteiger partial charge in [0.1, 0.15) is 5.75 Å². The average molecular weight is 249 g/mol. The highest BCUT2D eigenvalue weighted by atomic mass is 16.5. The highest BCUT2D eigenvalue weighted by molar-refractivity contribution is 5.39. The molecule has 1 unspecified atom stereocenters. The first kappa shape index (κ1) is 13.4. The van der Waals surface area contributed by atoms with E-state index in [0.29, 0.717) is 12.5 Å². The first-order chi connectivity index (χ1) is 8.65. The molecule has 0 saturated heterocycles. The van der Waals surface area contributed by atoms with Gasteiger partial charge in [0.15, 0.2) is 0 Å². The third kappa shape index (κ3) is 3.72. The summed E-state index contributed by atoms with van der Waals surface area (Å²) in [5.41, 5.74) is 2.56. The summed E-state index contributed by atoms with van der Waals surface area (Å²) in [6.07, 6.45) is 1.62. The third-order valence-corrected chi connectivity index (χ3v) is 3.21. The molecular formula is C15H23NO2. The van der Waals surface area contributed by atoms with Gasteiger partial charge >= 0.3 is 0 Å². The van der Waals surface area contributed by atoms with Crippen LogP contribution < -0.4 is 10.1 Å². The van der Waals surface area contributed by atoms with Crippen molar-refractivity contribution in [2.75, 3.05) is 13.2 Å². The maximum absolute atomic E-state index is 9.77. The zero-order valence-corrected chi connectivity index (χ0v) is 11.3. The predicted octanol–water partition coefficient (Wildman–Crippen LogP) is 2.12. The normalized spacial score (nSPS) is 15.6. The first-order valence-corrected chi connectivity index (χ1v) is 6.78. The number of aliphatic hydroxyl groups is 1. The van der Waals surface area contributed by atoms with Gasteiger partial charge in [-0.15, -0.1) is 0 Å². The molecule has 3 nitrogen and oxygen atoms in total. The lowest BCUT2D eigenvalue weighted by atomic mass is 10.1. The number of benzene rings is 1. The number of hydrogen-bond donors (Lipinski definition) is 2. The molecule has 1 aromatic rings. The first-order valence-electron chi connectivity index (χ1n) is 6.78. The Bertz CT molecular complexity index is 390. The van der Waals surface area contributed by atoms with Crippen molar-refractivity contribution < 1.29 is 9.84 Å². The standard InChI is InChI=1S/C15H23NO2/c1-11(2)7-14(17)10-16-9-12-3-4-15-13(8-12)5-6-18-15/h3-4,8,11,14,16-17H,5-7,9-10H2,1-2H3. The van der Waals surface area contributed by atoms with Gasteiger partial charge in [-0.3, -0.25) is 0 Å². The fourth-order valence-corrected chi connectivity index (χ4v) is 2.36. The van der Waals surface area contributed by atoms with E-state index >= 15 is 0 Å². The summed E-state index contributed by atoms with van der Waals surface area (Å²) >= 11 is 0. The van der Waals surface area contributed by atoms with Crippen molar-refractivity contribution in [3.63, 3.8) is 0 Å². The van der Waals surface area contributed by atoms with Gasteiger partial charge in [-0.2, -0.15) is 0 Å². The molecule has 2 rings (SSSR count). The van der Waals surface area contributed by atoms with Crippen LogP contribution in [0.25, 0.3) is 0 Å². The molecule has 1 aliphatic rings. The zero-order valence-electron chi connectivity index (χ0n) is 11.3. The summed E-state index contributed by atoms with van der Waals surface area (Å²) in [6.45, 7) is 6.53. The molecule has 1 heterocycles. The van der Waals surface area contributed by atoms with E-state index in [4.69, 9.17) is 4.74 Å². The van der Waals surface area contributed by atoms with Gasteiger partial charge in [-0.1, -0.05) is 26.0 Å². The number of aliphatic hydroxyl groups excluding tert-OH is 1. The second kappa shape index (κ2) is 6.21. The van der Waals surface area contributed by atoms with E-state index in [9.17, 15) is 5.11 Å². The predicted molar refractivity (Wildman–Crippen MR) is 72.8 cm³/mol. The largest absolute Gasteiger partial charge is 0.493 e. The smallest absolute Gasteiger partial charge is 0.122 e. The summed E-state index contributed by atoms with van der Waals surface area (Å²) in [4.78, 5) is 0. The van der Waals surface area contributed by atoms with Gasteiger partial charge in [0.2, 0.25) is 0 Å². The molecule has 0 aromatic heterocycles. The van der Waals surface area contributed by atoms with Crippen LogP contribution in [0.1, 0.15) is 31.4 Å². The summed E-state index contributed by atoms with van der Waals surface area (Å²) in [5, 5.41) is 13.1. The van der Waals surface area contributed by atoms with Gasteiger partial charge in [0.05, 0.1) is 12.7 Å². The molecule has 0 radical (unpaired) electrons. The molecule has 18 heavy (non-hydrogen) atoms. The van der Waals surface area contributed by atoms with Crippen LogP contribution in [0.15, 0.2) is 18.2 Å². The second-order valence-electron chi connectivity index (χ2n) is 5.45. The van der Waals surface area contributed by atoms with Crippen LogP contribution in [0.5, 0.6) is 5.75 Å². The Morgan fingerprint density at radius 1 is 1.39 bits per heavy atom. The van der Waals surface area contributed by atoms with Crippen molar-refractivity contribution in [3.05, 3.63) is 29.3 Å². The zero-order chi connectivity index (χ0) is 13.0. The Morgan fingerprint density at radius 2 is 2.22 bits per heavy atom. The maximum Gasteiger partial charge on any atom is 0.122 e. The fraction of sp³-hybridized carbons (Fsp3) is 0.600. The SMILES string of the molecule is CC(C)CC(O)CNCc1ccc2c(c1)CCO2. The van der Waals surface area contributed by atoms with E-state index in [1.807, 2.05) is 6.07 Å². The summed E-state index contributed by atoms with van der Waals surface area (Å²) in [5.74, 6) is 1.57. The number of fused-ring (bicyclic) bond motifs is 1. The van der Waals surface area contributed by atoms with Crippen LogP contribution in [0, 0.1) is 5.92 Å². The second-order valence-corrected chi connectivity index (χ2v) is 5.45. The topological polar surface area (TPSA) is 41.5 Å². The molecule has 1 aliphatic heterocycles. The Labute approximate surface area is 109 Å². The molecule has 0 aliphatic carbocycles. The van der Waals surface area contributed by atoms with Crippen LogP contribution in [0.3, 0.4) is 0 Å².